The molecule has 0 saturated heterocycles. The molecule has 1 N–H and O–H groups in total. The molecule has 0 aliphatic heterocycles. The number of nitrogens with zero attached hydrogens (tertiary/aromatic N) is 2. The van der Waals surface area contributed by atoms with Gasteiger partial charge in [-0.1, -0.05) is 54.7 Å². The van der Waals surface area contributed by atoms with Crippen molar-refractivity contribution in [3.63, 3.8) is 0 Å². The molecule has 0 saturated carbocycles. The van der Waals surface area contributed by atoms with Gasteiger partial charge in [-0.05, 0) is 61.7 Å². The maximum absolute atomic E-state index is 13.6. The largest absolute Gasteiger partial charge is 0.352 e. The van der Waals surface area contributed by atoms with Gasteiger partial charge < -0.3 is 10.2 Å². The Hall–Kier alpha value is -2.00. The zero-order valence-electron chi connectivity index (χ0n) is 20.1. The lowest BCUT2D eigenvalue weighted by Crippen LogP contribution is -2.53. The van der Waals surface area contributed by atoms with Crippen LogP contribution in [0.3, 0.4) is 0 Å². The number of sulfonamides is 1. The van der Waals surface area contributed by atoms with E-state index in [9.17, 15) is 18.0 Å². The van der Waals surface area contributed by atoms with Gasteiger partial charge in [-0.15, -0.1) is 0 Å². The van der Waals surface area contributed by atoms with E-state index >= 15 is 0 Å². The van der Waals surface area contributed by atoms with Gasteiger partial charge >= 0.3 is 0 Å². The minimum atomic E-state index is -3.82. The van der Waals surface area contributed by atoms with Gasteiger partial charge in [0, 0.05) is 27.7 Å². The van der Waals surface area contributed by atoms with E-state index in [4.69, 9.17) is 34.8 Å². The molecule has 0 aliphatic carbocycles. The normalized spacial score (nSPS) is 13.1. The smallest absolute Gasteiger partial charge is 0.244 e. The number of anilines is 1. The fourth-order valence-corrected chi connectivity index (χ4v) is 4.86. The van der Waals surface area contributed by atoms with Crippen molar-refractivity contribution < 1.29 is 18.0 Å². The van der Waals surface area contributed by atoms with Gasteiger partial charge in [-0.3, -0.25) is 13.9 Å². The summed E-state index contributed by atoms with van der Waals surface area (Å²) in [6.07, 6.45) is 2.05. The Morgan fingerprint density at radius 1 is 0.971 bits per heavy atom. The van der Waals surface area contributed by atoms with Crippen LogP contribution in [0.4, 0.5) is 5.69 Å². The maximum atomic E-state index is 13.6. The van der Waals surface area contributed by atoms with Crippen LogP contribution in [0.15, 0.2) is 42.5 Å². The molecule has 2 amide bonds. The number of amides is 2. The van der Waals surface area contributed by atoms with Crippen LogP contribution in [0.5, 0.6) is 0 Å². The van der Waals surface area contributed by atoms with Crippen LogP contribution in [0.1, 0.15) is 39.2 Å². The average molecular weight is 563 g/mol. The molecule has 0 unspecified atom stereocenters. The predicted molar refractivity (Wildman–Crippen MR) is 143 cm³/mol. The summed E-state index contributed by atoms with van der Waals surface area (Å²) in [6, 6.07) is 10.1. The number of hydrogen-bond acceptors (Lipinski definition) is 4. The molecule has 192 valence electrons. The molecule has 35 heavy (non-hydrogen) atoms. The second-order valence-electron chi connectivity index (χ2n) is 8.25. The second-order valence-corrected chi connectivity index (χ2v) is 11.4. The molecule has 2 atom stereocenters. The second kappa shape index (κ2) is 12.8. The fraction of sp³-hybridized carbons (Fsp3) is 0.417. The summed E-state index contributed by atoms with van der Waals surface area (Å²) in [5.74, 6) is -0.875. The molecule has 0 radical (unpaired) electrons. The monoisotopic (exact) mass is 561 g/mol. The molecule has 2 aromatic rings. The van der Waals surface area contributed by atoms with Gasteiger partial charge in [0.1, 0.15) is 12.6 Å². The first-order chi connectivity index (χ1) is 16.4. The van der Waals surface area contributed by atoms with Crippen LogP contribution < -0.4 is 9.62 Å². The summed E-state index contributed by atoms with van der Waals surface area (Å²) in [4.78, 5) is 28.1. The molecule has 0 bridgehead atoms. The van der Waals surface area contributed by atoms with Crippen LogP contribution in [0.2, 0.25) is 15.1 Å². The van der Waals surface area contributed by atoms with Crippen LogP contribution >= 0.6 is 34.8 Å². The number of hydrogen-bond donors (Lipinski definition) is 1. The van der Waals surface area contributed by atoms with Gasteiger partial charge in [0.05, 0.1) is 11.9 Å². The van der Waals surface area contributed by atoms with Crippen molar-refractivity contribution in [3.05, 3.63) is 63.1 Å². The molecular weight excluding hydrogens is 533 g/mol. The number of carbonyl (C=O) groups is 2. The highest BCUT2D eigenvalue weighted by atomic mass is 35.5. The van der Waals surface area contributed by atoms with Gasteiger partial charge in [0.2, 0.25) is 21.8 Å². The van der Waals surface area contributed by atoms with Crippen molar-refractivity contribution in [3.8, 4) is 0 Å². The van der Waals surface area contributed by atoms with Crippen LogP contribution in [-0.4, -0.2) is 50.0 Å². The molecule has 0 aromatic heterocycles. The third-order valence-electron chi connectivity index (χ3n) is 5.54. The van der Waals surface area contributed by atoms with E-state index in [-0.39, 0.29) is 24.2 Å². The third-order valence-corrected chi connectivity index (χ3v) is 7.52. The first-order valence-electron chi connectivity index (χ1n) is 11.1. The molecule has 2 rings (SSSR count). The van der Waals surface area contributed by atoms with Crippen molar-refractivity contribution in [1.82, 2.24) is 10.2 Å². The minimum absolute atomic E-state index is 0.000508. The van der Waals surface area contributed by atoms with Crippen molar-refractivity contribution >= 4 is 62.3 Å². The Bertz CT molecular complexity index is 1140. The Balaban J connectivity index is 2.46. The van der Waals surface area contributed by atoms with Crippen LogP contribution in [0, 0.1) is 0 Å². The van der Waals surface area contributed by atoms with E-state index in [0.717, 1.165) is 17.0 Å². The summed E-state index contributed by atoms with van der Waals surface area (Å²) >= 11 is 18.3. The molecule has 0 aliphatic rings. The van der Waals surface area contributed by atoms with E-state index in [1.165, 1.54) is 17.0 Å². The van der Waals surface area contributed by atoms with E-state index < -0.39 is 28.5 Å². The molecule has 11 heteroatoms. The minimum Gasteiger partial charge on any atom is -0.352 e. The highest BCUT2D eigenvalue weighted by molar-refractivity contribution is 7.92. The zero-order valence-corrected chi connectivity index (χ0v) is 23.2. The zero-order chi connectivity index (χ0) is 26.3. The molecule has 7 nitrogen and oxygen atoms in total. The Labute approximate surface area is 222 Å². The first-order valence-corrected chi connectivity index (χ1v) is 14.1. The van der Waals surface area contributed by atoms with Crippen LogP contribution in [-0.2, 0) is 26.2 Å². The van der Waals surface area contributed by atoms with E-state index in [1.54, 1.807) is 37.3 Å². The van der Waals surface area contributed by atoms with Crippen molar-refractivity contribution in [1.29, 1.82) is 0 Å². The van der Waals surface area contributed by atoms with Crippen molar-refractivity contribution in [2.45, 2.75) is 52.2 Å². The summed E-state index contributed by atoms with van der Waals surface area (Å²) in [5, 5.41) is 4.12. The predicted octanol–water partition coefficient (Wildman–Crippen LogP) is 5.13. The summed E-state index contributed by atoms with van der Waals surface area (Å²) < 4.78 is 26.2. The lowest BCUT2D eigenvalue weighted by atomic mass is 10.1. The highest BCUT2D eigenvalue weighted by Gasteiger charge is 2.32. The Morgan fingerprint density at radius 3 is 2.09 bits per heavy atom. The standard InChI is InChI=1S/C24H30Cl3N3O4S/c1-5-16(3)28-24(32)22(6-2)29(14-17-7-8-19(26)13-21(17)27)23(31)15-30(35(4,33)34)20-11-9-18(25)10-12-20/h7-13,16,22H,5-6,14-15H2,1-4H3,(H,28,32)/t16-,22+/m0/s1. The number of carbonyl (C=O) groups excluding carboxylic acids is 2. The van der Waals surface area contributed by atoms with Gasteiger partial charge in [0.25, 0.3) is 0 Å². The SMILES string of the molecule is CC[C@H](C(=O)N[C@@H](C)CC)N(Cc1ccc(Cl)cc1Cl)C(=O)CN(c1ccc(Cl)cc1)S(C)(=O)=O. The fourth-order valence-electron chi connectivity index (χ4n) is 3.42. The Kier molecular flexibility index (Phi) is 10.7. The van der Waals surface area contributed by atoms with Crippen molar-refractivity contribution in [2.75, 3.05) is 17.1 Å². The first kappa shape index (κ1) is 29.2. The number of benzene rings is 2. The van der Waals surface area contributed by atoms with E-state index in [0.29, 0.717) is 27.1 Å². The van der Waals surface area contributed by atoms with Gasteiger partial charge in [-0.25, -0.2) is 8.42 Å². The molecule has 2 aromatic carbocycles. The number of nitrogens with one attached hydrogen (secondary N) is 1. The third kappa shape index (κ3) is 8.27. The lowest BCUT2D eigenvalue weighted by Gasteiger charge is -2.33. The summed E-state index contributed by atoms with van der Waals surface area (Å²) in [5.41, 5.74) is 0.864. The van der Waals surface area contributed by atoms with Gasteiger partial charge in [0.15, 0.2) is 0 Å². The quantitative estimate of drug-likeness (QED) is 0.411. The number of rotatable bonds is 11. The molecule has 0 heterocycles. The Morgan fingerprint density at radius 2 is 1.57 bits per heavy atom. The molecule has 0 spiro atoms. The van der Waals surface area contributed by atoms with E-state index in [1.807, 2.05) is 13.8 Å². The summed E-state index contributed by atoms with van der Waals surface area (Å²) in [6.45, 7) is 5.10. The van der Waals surface area contributed by atoms with E-state index in [2.05, 4.69) is 5.32 Å². The molecular formula is C24H30Cl3N3O4S. The van der Waals surface area contributed by atoms with Crippen molar-refractivity contribution in [2.24, 2.45) is 0 Å². The topological polar surface area (TPSA) is 86.8 Å². The maximum Gasteiger partial charge on any atom is 0.244 e. The number of halogens is 3. The molecule has 0 fully saturated rings. The highest BCUT2D eigenvalue weighted by Crippen LogP contribution is 2.25. The van der Waals surface area contributed by atoms with Gasteiger partial charge in [-0.2, -0.15) is 0 Å². The van der Waals surface area contributed by atoms with Crippen LogP contribution in [0.25, 0.3) is 0 Å². The summed E-state index contributed by atoms with van der Waals surface area (Å²) in [7, 11) is -3.82. The average Bonchev–Trinajstić information content (AvgIpc) is 2.78. The lowest BCUT2D eigenvalue weighted by molar-refractivity contribution is -0.140.